The molecule has 0 aliphatic carbocycles. The molecule has 0 spiro atoms. The summed E-state index contributed by atoms with van der Waals surface area (Å²) in [4.78, 5) is 11.2. The van der Waals surface area contributed by atoms with Gasteiger partial charge in [-0.05, 0) is 18.1 Å². The molecule has 94 valence electrons. The van der Waals surface area contributed by atoms with Crippen LogP contribution in [0.2, 0.25) is 0 Å². The lowest BCUT2D eigenvalue weighted by molar-refractivity contribution is 0.0999. The minimum absolute atomic E-state index is 0.0587. The molecule has 0 radical (unpaired) electrons. The summed E-state index contributed by atoms with van der Waals surface area (Å²) in [5.74, 6) is 0.286. The number of rotatable bonds is 6. The van der Waals surface area contributed by atoms with Crippen LogP contribution in [0.5, 0.6) is 0 Å². The van der Waals surface area contributed by atoms with Crippen molar-refractivity contribution in [1.82, 2.24) is 0 Å². The van der Waals surface area contributed by atoms with Crippen molar-refractivity contribution in [2.24, 2.45) is 11.5 Å². The lowest BCUT2D eigenvalue weighted by atomic mass is 10.1. The molecule has 0 fully saturated rings. The van der Waals surface area contributed by atoms with Crippen molar-refractivity contribution < 1.29 is 9.00 Å². The van der Waals surface area contributed by atoms with Gasteiger partial charge in [-0.1, -0.05) is 25.1 Å². The van der Waals surface area contributed by atoms with Gasteiger partial charge in [-0.2, -0.15) is 0 Å². The molecular formula is C12H18N2O2S. The van der Waals surface area contributed by atoms with Gasteiger partial charge in [0.05, 0.1) is 0 Å². The number of hydrogen-bond acceptors (Lipinski definition) is 3. The first kappa shape index (κ1) is 13.9. The van der Waals surface area contributed by atoms with Crippen molar-refractivity contribution >= 4 is 16.7 Å². The van der Waals surface area contributed by atoms with E-state index in [2.05, 4.69) is 0 Å². The first-order valence-electron chi connectivity index (χ1n) is 5.52. The van der Waals surface area contributed by atoms with Gasteiger partial charge in [0.1, 0.15) is 0 Å². The highest BCUT2D eigenvalue weighted by atomic mass is 32.2. The molecule has 1 aromatic rings. The lowest BCUT2D eigenvalue weighted by Crippen LogP contribution is -2.26. The van der Waals surface area contributed by atoms with Gasteiger partial charge in [0, 0.05) is 33.9 Å². The Morgan fingerprint density at radius 3 is 2.65 bits per heavy atom. The Morgan fingerprint density at radius 1 is 1.41 bits per heavy atom. The fourth-order valence-electron chi connectivity index (χ4n) is 1.48. The Morgan fingerprint density at radius 2 is 2.06 bits per heavy atom. The van der Waals surface area contributed by atoms with Crippen LogP contribution in [0.15, 0.2) is 24.3 Å². The maximum atomic E-state index is 11.8. The lowest BCUT2D eigenvalue weighted by Gasteiger charge is -2.10. The normalized spacial score (nSPS) is 14.2. The maximum Gasteiger partial charge on any atom is 0.249 e. The highest BCUT2D eigenvalue weighted by molar-refractivity contribution is 7.84. The van der Waals surface area contributed by atoms with E-state index < -0.39 is 16.7 Å². The topological polar surface area (TPSA) is 86.2 Å². The molecule has 5 heteroatoms. The van der Waals surface area contributed by atoms with Crippen molar-refractivity contribution in [2.75, 3.05) is 5.75 Å². The van der Waals surface area contributed by atoms with E-state index >= 15 is 0 Å². The maximum absolute atomic E-state index is 11.8. The fourth-order valence-corrected chi connectivity index (χ4v) is 2.91. The molecule has 17 heavy (non-hydrogen) atoms. The number of benzene rings is 1. The molecule has 1 rings (SSSR count). The Kier molecular flexibility index (Phi) is 5.31. The van der Waals surface area contributed by atoms with Crippen molar-refractivity contribution in [3.63, 3.8) is 0 Å². The van der Waals surface area contributed by atoms with Crippen LogP contribution in [0.4, 0.5) is 0 Å². The Balaban J connectivity index is 2.74. The van der Waals surface area contributed by atoms with Gasteiger partial charge < -0.3 is 11.5 Å². The zero-order valence-electron chi connectivity index (χ0n) is 9.89. The molecule has 0 heterocycles. The summed E-state index contributed by atoms with van der Waals surface area (Å²) in [6.07, 6.45) is 0.795. The molecule has 2 unspecified atom stereocenters. The molecule has 4 N–H and O–H groups in total. The van der Waals surface area contributed by atoms with Gasteiger partial charge in [-0.25, -0.2) is 0 Å². The van der Waals surface area contributed by atoms with E-state index in [1.165, 1.54) is 0 Å². The van der Waals surface area contributed by atoms with Gasteiger partial charge in [0.25, 0.3) is 0 Å². The Bertz CT molecular complexity index is 421. The van der Waals surface area contributed by atoms with Gasteiger partial charge in [-0.15, -0.1) is 0 Å². The standard InChI is InChI=1S/C12H18N2O2S/c1-2-10(13)8-17(16)7-9-5-3-4-6-11(9)12(14)15/h3-6,10H,2,7-8,13H2,1H3,(H2,14,15). The zero-order chi connectivity index (χ0) is 12.8. The highest BCUT2D eigenvalue weighted by Gasteiger charge is 2.12. The summed E-state index contributed by atoms with van der Waals surface area (Å²) in [7, 11) is -1.06. The monoisotopic (exact) mass is 254 g/mol. The quantitative estimate of drug-likeness (QED) is 0.786. The summed E-state index contributed by atoms with van der Waals surface area (Å²) < 4.78 is 11.8. The number of amides is 1. The molecule has 1 aromatic carbocycles. The number of primary amides is 1. The van der Waals surface area contributed by atoms with Crippen LogP contribution in [0.25, 0.3) is 0 Å². The van der Waals surface area contributed by atoms with Crippen LogP contribution in [0.3, 0.4) is 0 Å². The van der Waals surface area contributed by atoms with Crippen LogP contribution < -0.4 is 11.5 Å². The van der Waals surface area contributed by atoms with Crippen LogP contribution in [-0.2, 0) is 16.6 Å². The zero-order valence-corrected chi connectivity index (χ0v) is 10.7. The van der Waals surface area contributed by atoms with E-state index in [9.17, 15) is 9.00 Å². The third-order valence-electron chi connectivity index (χ3n) is 2.52. The highest BCUT2D eigenvalue weighted by Crippen LogP contribution is 2.11. The molecule has 1 amide bonds. The predicted molar refractivity (Wildman–Crippen MR) is 69.9 cm³/mol. The van der Waals surface area contributed by atoms with E-state index in [0.29, 0.717) is 17.1 Å². The molecule has 0 aliphatic heterocycles. The Labute approximate surface area is 104 Å². The first-order valence-corrected chi connectivity index (χ1v) is 7.01. The predicted octanol–water partition coefficient (Wildman–Crippen LogP) is 0.771. The molecule has 0 aliphatic rings. The summed E-state index contributed by atoms with van der Waals surface area (Å²) in [5.41, 5.74) is 12.2. The van der Waals surface area contributed by atoms with Crippen molar-refractivity contribution in [1.29, 1.82) is 0 Å². The van der Waals surface area contributed by atoms with Gasteiger partial charge >= 0.3 is 0 Å². The third kappa shape index (κ3) is 4.28. The summed E-state index contributed by atoms with van der Waals surface area (Å²) in [5, 5.41) is 0. The summed E-state index contributed by atoms with van der Waals surface area (Å²) in [6.45, 7) is 1.96. The third-order valence-corrected chi connectivity index (χ3v) is 3.96. The van der Waals surface area contributed by atoms with Crippen molar-refractivity contribution in [3.05, 3.63) is 35.4 Å². The van der Waals surface area contributed by atoms with Crippen LogP contribution in [-0.4, -0.2) is 21.9 Å². The smallest absolute Gasteiger partial charge is 0.249 e. The average Bonchev–Trinajstić information content (AvgIpc) is 2.29. The first-order chi connectivity index (χ1) is 8.04. The molecule has 2 atom stereocenters. The Hall–Kier alpha value is -1.20. The van der Waals surface area contributed by atoms with Crippen LogP contribution >= 0.6 is 0 Å². The average molecular weight is 254 g/mol. The van der Waals surface area contributed by atoms with E-state index in [4.69, 9.17) is 11.5 Å². The van der Waals surface area contributed by atoms with E-state index in [-0.39, 0.29) is 6.04 Å². The van der Waals surface area contributed by atoms with Crippen molar-refractivity contribution in [3.8, 4) is 0 Å². The second kappa shape index (κ2) is 6.51. The molecule has 4 nitrogen and oxygen atoms in total. The van der Waals surface area contributed by atoms with Gasteiger partial charge in [0.15, 0.2) is 0 Å². The molecule has 0 saturated carbocycles. The molecule has 0 aromatic heterocycles. The van der Waals surface area contributed by atoms with Gasteiger partial charge in [-0.3, -0.25) is 9.00 Å². The molecular weight excluding hydrogens is 236 g/mol. The van der Waals surface area contributed by atoms with E-state index in [1.807, 2.05) is 6.92 Å². The minimum atomic E-state index is -1.06. The van der Waals surface area contributed by atoms with E-state index in [1.54, 1.807) is 24.3 Å². The second-order valence-electron chi connectivity index (χ2n) is 3.94. The molecule has 0 bridgehead atoms. The summed E-state index contributed by atoms with van der Waals surface area (Å²) >= 11 is 0. The number of hydrogen-bond donors (Lipinski definition) is 2. The molecule has 0 saturated heterocycles. The van der Waals surface area contributed by atoms with Crippen LogP contribution in [0.1, 0.15) is 29.3 Å². The number of carbonyl (C=O) groups excluding carboxylic acids is 1. The number of nitrogens with two attached hydrogens (primary N) is 2. The fraction of sp³-hybridized carbons (Fsp3) is 0.417. The van der Waals surface area contributed by atoms with E-state index in [0.717, 1.165) is 12.0 Å². The van der Waals surface area contributed by atoms with Gasteiger partial charge in [0.2, 0.25) is 5.91 Å². The van der Waals surface area contributed by atoms with Crippen LogP contribution in [0, 0.1) is 0 Å². The largest absolute Gasteiger partial charge is 0.366 e. The summed E-state index contributed by atoms with van der Waals surface area (Å²) in [6, 6.07) is 6.91. The van der Waals surface area contributed by atoms with Crippen molar-refractivity contribution in [2.45, 2.75) is 25.1 Å². The number of carbonyl (C=O) groups is 1. The second-order valence-corrected chi connectivity index (χ2v) is 5.44. The SMILES string of the molecule is CCC(N)CS(=O)Cc1ccccc1C(N)=O. The minimum Gasteiger partial charge on any atom is -0.366 e.